The Morgan fingerprint density at radius 1 is 1.21 bits per heavy atom. The van der Waals surface area contributed by atoms with Gasteiger partial charge in [0.05, 0.1) is 20.3 Å². The van der Waals surface area contributed by atoms with Crippen molar-refractivity contribution in [3.63, 3.8) is 0 Å². The van der Waals surface area contributed by atoms with E-state index in [1.807, 2.05) is 12.1 Å². The fourth-order valence-electron chi connectivity index (χ4n) is 1.90. The Morgan fingerprint density at radius 2 is 1.84 bits per heavy atom. The highest BCUT2D eigenvalue weighted by molar-refractivity contribution is 5.47. The van der Waals surface area contributed by atoms with E-state index in [9.17, 15) is 5.11 Å². The molecule has 1 aromatic carbocycles. The maximum Gasteiger partial charge on any atom is 0.166 e. The molecule has 1 rings (SSSR count). The van der Waals surface area contributed by atoms with Gasteiger partial charge in [-0.3, -0.25) is 0 Å². The van der Waals surface area contributed by atoms with Gasteiger partial charge in [-0.1, -0.05) is 32.9 Å². The van der Waals surface area contributed by atoms with Gasteiger partial charge in [0, 0.05) is 11.6 Å². The van der Waals surface area contributed by atoms with E-state index >= 15 is 0 Å². The van der Waals surface area contributed by atoms with Gasteiger partial charge >= 0.3 is 0 Å². The molecule has 4 nitrogen and oxygen atoms in total. The van der Waals surface area contributed by atoms with Crippen molar-refractivity contribution in [1.82, 2.24) is 0 Å². The third-order valence-electron chi connectivity index (χ3n) is 3.38. The molecular formula is C15H25NO3. The van der Waals surface area contributed by atoms with Crippen molar-refractivity contribution in [3.8, 4) is 11.5 Å². The number of methoxy groups -OCH3 is 2. The minimum Gasteiger partial charge on any atom is -0.493 e. The molecule has 0 saturated carbocycles. The van der Waals surface area contributed by atoms with Gasteiger partial charge in [-0.2, -0.15) is 0 Å². The smallest absolute Gasteiger partial charge is 0.166 e. The summed E-state index contributed by atoms with van der Waals surface area (Å²) in [4.78, 5) is 0. The van der Waals surface area contributed by atoms with Crippen molar-refractivity contribution < 1.29 is 14.6 Å². The molecule has 0 heterocycles. The van der Waals surface area contributed by atoms with Crippen LogP contribution in [0.1, 0.15) is 38.9 Å². The molecule has 0 spiro atoms. The minimum absolute atomic E-state index is 0.0485. The summed E-state index contributed by atoms with van der Waals surface area (Å²) >= 11 is 0. The lowest BCUT2D eigenvalue weighted by atomic mass is 9.83. The molecule has 3 N–H and O–H groups in total. The monoisotopic (exact) mass is 267 g/mol. The first kappa shape index (κ1) is 15.8. The minimum atomic E-state index is -0.667. The van der Waals surface area contributed by atoms with Gasteiger partial charge in [-0.05, 0) is 17.9 Å². The Kier molecular flexibility index (Phi) is 5.20. The Bertz CT molecular complexity index is 412. The van der Waals surface area contributed by atoms with Crippen LogP contribution in [0.3, 0.4) is 0 Å². The molecule has 1 aromatic rings. The summed E-state index contributed by atoms with van der Waals surface area (Å²) in [6.45, 7) is 6.19. The number of para-hydroxylation sites is 1. The molecule has 0 fully saturated rings. The molecule has 0 radical (unpaired) electrons. The summed E-state index contributed by atoms with van der Waals surface area (Å²) < 4.78 is 10.6. The largest absolute Gasteiger partial charge is 0.493 e. The lowest BCUT2D eigenvalue weighted by Gasteiger charge is -2.29. The molecule has 0 amide bonds. The third kappa shape index (κ3) is 3.85. The molecule has 0 aliphatic heterocycles. The van der Waals surface area contributed by atoms with Crippen molar-refractivity contribution in [1.29, 1.82) is 0 Å². The van der Waals surface area contributed by atoms with Crippen LogP contribution in [0.25, 0.3) is 0 Å². The van der Waals surface area contributed by atoms with Crippen LogP contribution >= 0.6 is 0 Å². The van der Waals surface area contributed by atoms with E-state index in [0.29, 0.717) is 23.5 Å². The molecule has 0 aliphatic rings. The van der Waals surface area contributed by atoms with E-state index in [0.717, 1.165) is 0 Å². The molecule has 19 heavy (non-hydrogen) atoms. The number of aliphatic hydroxyl groups is 1. The maximum absolute atomic E-state index is 10.4. The van der Waals surface area contributed by atoms with E-state index in [4.69, 9.17) is 15.2 Å². The Hall–Kier alpha value is -1.26. The first-order chi connectivity index (χ1) is 8.81. The summed E-state index contributed by atoms with van der Waals surface area (Å²) in [6, 6.07) is 5.38. The van der Waals surface area contributed by atoms with Crippen LogP contribution in [-0.4, -0.2) is 25.4 Å². The van der Waals surface area contributed by atoms with Crippen LogP contribution in [0.15, 0.2) is 18.2 Å². The second-order valence-corrected chi connectivity index (χ2v) is 5.81. The van der Waals surface area contributed by atoms with E-state index in [-0.39, 0.29) is 11.5 Å². The number of hydrogen-bond acceptors (Lipinski definition) is 4. The number of benzene rings is 1. The zero-order valence-electron chi connectivity index (χ0n) is 12.4. The van der Waals surface area contributed by atoms with Gasteiger partial charge in [0.25, 0.3) is 0 Å². The molecule has 2 atom stereocenters. The van der Waals surface area contributed by atoms with Crippen LogP contribution < -0.4 is 15.2 Å². The van der Waals surface area contributed by atoms with E-state index in [2.05, 4.69) is 20.8 Å². The van der Waals surface area contributed by atoms with E-state index in [1.165, 1.54) is 0 Å². The lowest BCUT2D eigenvalue weighted by Crippen LogP contribution is -2.36. The quantitative estimate of drug-likeness (QED) is 0.860. The second-order valence-electron chi connectivity index (χ2n) is 5.81. The van der Waals surface area contributed by atoms with Gasteiger partial charge < -0.3 is 20.3 Å². The first-order valence-corrected chi connectivity index (χ1v) is 6.45. The Balaban J connectivity index is 2.97. The number of hydrogen-bond donors (Lipinski definition) is 2. The molecule has 0 aromatic heterocycles. The predicted octanol–water partition coefficient (Wildman–Crippen LogP) is 2.50. The van der Waals surface area contributed by atoms with E-state index in [1.54, 1.807) is 20.3 Å². The zero-order chi connectivity index (χ0) is 14.6. The summed E-state index contributed by atoms with van der Waals surface area (Å²) in [6.07, 6.45) is -0.188. The maximum atomic E-state index is 10.4. The van der Waals surface area contributed by atoms with Crippen LogP contribution in [0.5, 0.6) is 11.5 Å². The van der Waals surface area contributed by atoms with Crippen molar-refractivity contribution in [2.45, 2.75) is 39.3 Å². The highest BCUT2D eigenvalue weighted by atomic mass is 16.5. The molecule has 0 bridgehead atoms. The van der Waals surface area contributed by atoms with Crippen molar-refractivity contribution in [3.05, 3.63) is 23.8 Å². The topological polar surface area (TPSA) is 64.7 Å². The molecule has 108 valence electrons. The predicted molar refractivity (Wildman–Crippen MR) is 76.6 cm³/mol. The van der Waals surface area contributed by atoms with Gasteiger partial charge in [-0.15, -0.1) is 0 Å². The van der Waals surface area contributed by atoms with Gasteiger partial charge in [-0.25, -0.2) is 0 Å². The number of nitrogens with two attached hydrogens (primary N) is 1. The molecule has 0 saturated heterocycles. The first-order valence-electron chi connectivity index (χ1n) is 6.45. The number of ether oxygens (including phenoxy) is 2. The highest BCUT2D eigenvalue weighted by Crippen LogP contribution is 2.37. The van der Waals surface area contributed by atoms with Crippen LogP contribution in [-0.2, 0) is 0 Å². The van der Waals surface area contributed by atoms with Crippen LogP contribution in [0.4, 0.5) is 0 Å². The molecule has 0 unspecified atom stereocenters. The summed E-state index contributed by atoms with van der Waals surface area (Å²) in [5.41, 5.74) is 6.78. The van der Waals surface area contributed by atoms with Gasteiger partial charge in [0.2, 0.25) is 0 Å². The van der Waals surface area contributed by atoms with Gasteiger partial charge in [0.15, 0.2) is 11.5 Å². The third-order valence-corrected chi connectivity index (χ3v) is 3.38. The second kappa shape index (κ2) is 6.26. The van der Waals surface area contributed by atoms with Crippen LogP contribution in [0.2, 0.25) is 0 Å². The van der Waals surface area contributed by atoms with Crippen molar-refractivity contribution in [2.75, 3.05) is 14.2 Å². The fourth-order valence-corrected chi connectivity index (χ4v) is 1.90. The van der Waals surface area contributed by atoms with E-state index < -0.39 is 6.10 Å². The van der Waals surface area contributed by atoms with Crippen molar-refractivity contribution >= 4 is 0 Å². The Labute approximate surface area is 115 Å². The highest BCUT2D eigenvalue weighted by Gasteiger charge is 2.26. The number of aliphatic hydroxyl groups excluding tert-OH is 1. The van der Waals surface area contributed by atoms with Crippen molar-refractivity contribution in [2.24, 2.45) is 11.1 Å². The summed E-state index contributed by atoms with van der Waals surface area (Å²) in [7, 11) is 3.15. The summed E-state index contributed by atoms with van der Waals surface area (Å²) in [5.74, 6) is 1.18. The van der Waals surface area contributed by atoms with Crippen LogP contribution in [0, 0.1) is 5.41 Å². The summed E-state index contributed by atoms with van der Waals surface area (Å²) in [5, 5.41) is 10.4. The average molecular weight is 267 g/mol. The fraction of sp³-hybridized carbons (Fsp3) is 0.600. The average Bonchev–Trinajstić information content (AvgIpc) is 2.36. The van der Waals surface area contributed by atoms with Gasteiger partial charge in [0.1, 0.15) is 0 Å². The standard InChI is InChI=1S/C15H25NO3/c1-15(2,3)13(16)9-11(17)10-7-6-8-12(18-4)14(10)19-5/h6-8,11,13,17H,9,16H2,1-5H3/t11-,13-/m0/s1. The lowest BCUT2D eigenvalue weighted by molar-refractivity contribution is 0.130. The normalized spacial score (nSPS) is 14.9. The number of rotatable bonds is 5. The Morgan fingerprint density at radius 3 is 2.32 bits per heavy atom. The zero-order valence-corrected chi connectivity index (χ0v) is 12.4. The molecule has 4 heteroatoms. The molecule has 0 aliphatic carbocycles. The molecular weight excluding hydrogens is 242 g/mol. The SMILES string of the molecule is COc1cccc([C@@H](O)C[C@H](N)C(C)(C)C)c1OC.